The first kappa shape index (κ1) is 16.9. The van der Waals surface area contributed by atoms with Gasteiger partial charge in [-0.25, -0.2) is 0 Å². The molecule has 0 atom stereocenters. The van der Waals surface area contributed by atoms with Crippen LogP contribution in [0.4, 0.5) is 0 Å². The third kappa shape index (κ3) is 4.32. The van der Waals surface area contributed by atoms with Gasteiger partial charge in [0.1, 0.15) is 0 Å². The van der Waals surface area contributed by atoms with Gasteiger partial charge < -0.3 is 10.2 Å². The summed E-state index contributed by atoms with van der Waals surface area (Å²) >= 11 is 0. The van der Waals surface area contributed by atoms with E-state index < -0.39 is 0 Å². The Morgan fingerprint density at radius 2 is 2.08 bits per heavy atom. The van der Waals surface area contributed by atoms with Crippen LogP contribution in [-0.4, -0.2) is 65.9 Å². The highest BCUT2D eigenvalue weighted by molar-refractivity contribution is 5.94. The Bertz CT molecular complexity index is 600. The molecule has 1 saturated heterocycles. The molecule has 1 aliphatic carbocycles. The Labute approximate surface area is 143 Å². The number of carbonyl (C=O) groups is 2. The fraction of sp³-hybridized carbons (Fsp3) is 0.611. The lowest BCUT2D eigenvalue weighted by Crippen LogP contribution is -2.40. The molecule has 0 radical (unpaired) electrons. The maximum absolute atomic E-state index is 12.8. The summed E-state index contributed by atoms with van der Waals surface area (Å²) in [6.07, 6.45) is 5.01. The zero-order chi connectivity index (χ0) is 16.9. The van der Waals surface area contributed by atoms with E-state index in [-0.39, 0.29) is 11.8 Å². The number of nitrogens with one attached hydrogen (secondary N) is 1. The molecular formula is C18H26N4O2. The molecule has 0 bridgehead atoms. The van der Waals surface area contributed by atoms with Crippen molar-refractivity contribution in [2.24, 2.45) is 0 Å². The minimum absolute atomic E-state index is 0.0560. The Balaban J connectivity index is 1.58. The van der Waals surface area contributed by atoms with Crippen LogP contribution in [0.15, 0.2) is 18.3 Å². The average molecular weight is 330 g/mol. The summed E-state index contributed by atoms with van der Waals surface area (Å²) in [6, 6.07) is 3.77. The third-order valence-electron chi connectivity index (χ3n) is 4.64. The van der Waals surface area contributed by atoms with Gasteiger partial charge in [0, 0.05) is 56.1 Å². The van der Waals surface area contributed by atoms with E-state index in [1.54, 1.807) is 6.20 Å². The van der Waals surface area contributed by atoms with E-state index in [2.05, 4.69) is 15.2 Å². The largest absolute Gasteiger partial charge is 0.355 e. The van der Waals surface area contributed by atoms with Gasteiger partial charge in [0.25, 0.3) is 5.91 Å². The predicted octanol–water partition coefficient (Wildman–Crippen LogP) is 1.24. The van der Waals surface area contributed by atoms with Crippen LogP contribution in [0.5, 0.6) is 0 Å². The van der Waals surface area contributed by atoms with Crippen LogP contribution < -0.4 is 5.32 Å². The normalized spacial score (nSPS) is 19.0. The molecule has 130 valence electrons. The highest BCUT2D eigenvalue weighted by Crippen LogP contribution is 2.39. The zero-order valence-electron chi connectivity index (χ0n) is 14.3. The second kappa shape index (κ2) is 7.75. The number of aromatic nitrogens is 1. The van der Waals surface area contributed by atoms with Crippen molar-refractivity contribution in [3.05, 3.63) is 29.6 Å². The smallest absolute Gasteiger partial charge is 0.254 e. The van der Waals surface area contributed by atoms with Crippen molar-refractivity contribution in [2.45, 2.75) is 32.1 Å². The minimum Gasteiger partial charge on any atom is -0.355 e. The molecule has 1 aromatic heterocycles. The Morgan fingerprint density at radius 3 is 2.83 bits per heavy atom. The standard InChI is InChI=1S/C18H26N4O2/c1-2-19-17(23)13-21-8-3-9-22(11-10-21)18(24)15-6-7-20-16(12-15)14-4-5-14/h6-7,12,14H,2-5,8-11,13H2,1H3,(H,19,23). The number of amides is 2. The SMILES string of the molecule is CCNC(=O)CN1CCCN(C(=O)c2ccnc(C3CC3)c2)CC1. The molecule has 1 aromatic rings. The molecule has 2 aliphatic rings. The summed E-state index contributed by atoms with van der Waals surface area (Å²) in [7, 11) is 0. The molecule has 2 fully saturated rings. The predicted molar refractivity (Wildman–Crippen MR) is 91.9 cm³/mol. The number of nitrogens with zero attached hydrogens (tertiary/aromatic N) is 3. The summed E-state index contributed by atoms with van der Waals surface area (Å²) < 4.78 is 0. The zero-order valence-corrected chi connectivity index (χ0v) is 14.3. The van der Waals surface area contributed by atoms with Crippen molar-refractivity contribution in [1.29, 1.82) is 0 Å². The molecule has 0 unspecified atom stereocenters. The Kier molecular flexibility index (Phi) is 5.45. The van der Waals surface area contributed by atoms with Crippen molar-refractivity contribution in [3.8, 4) is 0 Å². The molecular weight excluding hydrogens is 304 g/mol. The number of pyridine rings is 1. The van der Waals surface area contributed by atoms with Gasteiger partial charge in [0.15, 0.2) is 0 Å². The van der Waals surface area contributed by atoms with E-state index in [0.29, 0.717) is 25.6 Å². The summed E-state index contributed by atoms with van der Waals surface area (Å²) in [6.45, 7) is 5.99. The fourth-order valence-electron chi connectivity index (χ4n) is 3.15. The minimum atomic E-state index is 0.0560. The van der Waals surface area contributed by atoms with Crippen LogP contribution in [0.1, 0.15) is 48.2 Å². The van der Waals surface area contributed by atoms with Crippen LogP contribution in [-0.2, 0) is 4.79 Å². The van der Waals surface area contributed by atoms with Crippen molar-refractivity contribution in [3.63, 3.8) is 0 Å². The van der Waals surface area contributed by atoms with E-state index >= 15 is 0 Å². The molecule has 2 heterocycles. The van der Waals surface area contributed by atoms with Crippen LogP contribution in [0, 0.1) is 0 Å². The lowest BCUT2D eigenvalue weighted by atomic mass is 10.1. The van der Waals surface area contributed by atoms with E-state index in [1.165, 1.54) is 12.8 Å². The van der Waals surface area contributed by atoms with Crippen molar-refractivity contribution >= 4 is 11.8 Å². The van der Waals surface area contributed by atoms with Gasteiger partial charge in [-0.15, -0.1) is 0 Å². The molecule has 1 N–H and O–H groups in total. The first-order valence-corrected chi connectivity index (χ1v) is 8.91. The van der Waals surface area contributed by atoms with E-state index in [1.807, 2.05) is 24.0 Å². The van der Waals surface area contributed by atoms with Crippen LogP contribution in [0.3, 0.4) is 0 Å². The lowest BCUT2D eigenvalue weighted by molar-refractivity contribution is -0.122. The van der Waals surface area contributed by atoms with E-state index in [9.17, 15) is 9.59 Å². The second-order valence-corrected chi connectivity index (χ2v) is 6.62. The number of carbonyl (C=O) groups excluding carboxylic acids is 2. The molecule has 0 spiro atoms. The van der Waals surface area contributed by atoms with Gasteiger partial charge in [-0.05, 0) is 38.3 Å². The van der Waals surface area contributed by atoms with Crippen molar-refractivity contribution in [1.82, 2.24) is 20.1 Å². The third-order valence-corrected chi connectivity index (χ3v) is 4.64. The summed E-state index contributed by atoms with van der Waals surface area (Å²) in [5.74, 6) is 0.689. The van der Waals surface area contributed by atoms with Gasteiger partial charge in [0.2, 0.25) is 5.91 Å². The van der Waals surface area contributed by atoms with E-state index in [4.69, 9.17) is 0 Å². The van der Waals surface area contributed by atoms with Crippen LogP contribution in [0.25, 0.3) is 0 Å². The van der Waals surface area contributed by atoms with Crippen molar-refractivity contribution in [2.75, 3.05) is 39.3 Å². The number of likely N-dealkylation sites (N-methyl/N-ethyl adjacent to an activating group) is 1. The topological polar surface area (TPSA) is 65.5 Å². The first-order chi connectivity index (χ1) is 11.7. The summed E-state index contributed by atoms with van der Waals surface area (Å²) in [4.78, 5) is 32.9. The highest BCUT2D eigenvalue weighted by atomic mass is 16.2. The molecule has 1 aliphatic heterocycles. The maximum Gasteiger partial charge on any atom is 0.254 e. The second-order valence-electron chi connectivity index (χ2n) is 6.62. The number of rotatable bonds is 5. The van der Waals surface area contributed by atoms with E-state index in [0.717, 1.165) is 37.3 Å². The maximum atomic E-state index is 12.8. The van der Waals surface area contributed by atoms with Crippen LogP contribution in [0.2, 0.25) is 0 Å². The molecule has 2 amide bonds. The molecule has 0 aromatic carbocycles. The quantitative estimate of drug-likeness (QED) is 0.882. The van der Waals surface area contributed by atoms with Gasteiger partial charge in [-0.3, -0.25) is 19.5 Å². The Morgan fingerprint density at radius 1 is 1.25 bits per heavy atom. The number of hydrogen-bond donors (Lipinski definition) is 1. The van der Waals surface area contributed by atoms with Crippen molar-refractivity contribution < 1.29 is 9.59 Å². The lowest BCUT2D eigenvalue weighted by Gasteiger charge is -2.22. The Hall–Kier alpha value is -1.95. The first-order valence-electron chi connectivity index (χ1n) is 8.91. The average Bonchev–Trinajstić information content (AvgIpc) is 3.42. The van der Waals surface area contributed by atoms with Crippen LogP contribution >= 0.6 is 0 Å². The molecule has 6 heteroatoms. The molecule has 6 nitrogen and oxygen atoms in total. The molecule has 1 saturated carbocycles. The molecule has 24 heavy (non-hydrogen) atoms. The highest BCUT2D eigenvalue weighted by Gasteiger charge is 2.27. The van der Waals surface area contributed by atoms with Gasteiger partial charge >= 0.3 is 0 Å². The molecule has 3 rings (SSSR count). The van der Waals surface area contributed by atoms with Gasteiger partial charge in [-0.1, -0.05) is 0 Å². The fourth-order valence-corrected chi connectivity index (χ4v) is 3.15. The van der Waals surface area contributed by atoms with Gasteiger partial charge in [0.05, 0.1) is 6.54 Å². The summed E-state index contributed by atoms with van der Waals surface area (Å²) in [5, 5.41) is 2.83. The summed E-state index contributed by atoms with van der Waals surface area (Å²) in [5.41, 5.74) is 1.79. The monoisotopic (exact) mass is 330 g/mol. The number of hydrogen-bond acceptors (Lipinski definition) is 4. The van der Waals surface area contributed by atoms with Gasteiger partial charge in [-0.2, -0.15) is 0 Å².